The standard InChI is InChI=1S/C20H21ClN2O6S/c1-28-15-4-6-18(29-2)13(11-15)7-9-22-20(25)16-12-14(3-5-17(16)21)23-19(24)8-10-30(23,26)27/h3-6,11-12H,7-10H2,1-2H3,(H,22,25). The lowest BCUT2D eigenvalue weighted by Gasteiger charge is -2.16. The first-order valence-electron chi connectivity index (χ1n) is 9.11. The number of hydrogen-bond acceptors (Lipinski definition) is 6. The molecule has 0 radical (unpaired) electrons. The maximum absolute atomic E-state index is 12.6. The minimum absolute atomic E-state index is 0.0849. The fraction of sp³-hybridized carbons (Fsp3) is 0.300. The number of amides is 2. The molecule has 0 unspecified atom stereocenters. The van der Waals surface area contributed by atoms with Crippen LogP contribution in [0.4, 0.5) is 5.69 Å². The summed E-state index contributed by atoms with van der Waals surface area (Å²) in [7, 11) is -0.607. The fourth-order valence-corrected chi connectivity index (χ4v) is 4.82. The average Bonchev–Trinajstić information content (AvgIpc) is 3.00. The molecule has 1 saturated heterocycles. The molecular formula is C20H21ClN2O6S. The summed E-state index contributed by atoms with van der Waals surface area (Å²) in [6, 6.07) is 9.50. The van der Waals surface area contributed by atoms with E-state index in [-0.39, 0.29) is 35.0 Å². The number of carbonyl (C=O) groups excluding carboxylic acids is 2. The summed E-state index contributed by atoms with van der Waals surface area (Å²) in [5.41, 5.74) is 1.04. The van der Waals surface area contributed by atoms with Crippen molar-refractivity contribution in [1.82, 2.24) is 5.32 Å². The van der Waals surface area contributed by atoms with Gasteiger partial charge in [-0.15, -0.1) is 0 Å². The van der Waals surface area contributed by atoms with Gasteiger partial charge in [-0.05, 0) is 48.4 Å². The summed E-state index contributed by atoms with van der Waals surface area (Å²) in [4.78, 5) is 24.6. The number of nitrogens with one attached hydrogen (secondary N) is 1. The zero-order valence-corrected chi connectivity index (χ0v) is 18.0. The Hall–Kier alpha value is -2.78. The Morgan fingerprint density at radius 3 is 2.57 bits per heavy atom. The first-order chi connectivity index (χ1) is 14.3. The topological polar surface area (TPSA) is 102 Å². The zero-order valence-electron chi connectivity index (χ0n) is 16.5. The predicted molar refractivity (Wildman–Crippen MR) is 113 cm³/mol. The number of hydrogen-bond donors (Lipinski definition) is 1. The number of nitrogens with zero attached hydrogens (tertiary/aromatic N) is 1. The molecule has 1 aliphatic heterocycles. The van der Waals surface area contributed by atoms with Gasteiger partial charge in [-0.25, -0.2) is 12.7 Å². The van der Waals surface area contributed by atoms with Crippen LogP contribution >= 0.6 is 11.6 Å². The molecule has 30 heavy (non-hydrogen) atoms. The van der Waals surface area contributed by atoms with Crippen LogP contribution in [0.1, 0.15) is 22.3 Å². The van der Waals surface area contributed by atoms with E-state index in [0.29, 0.717) is 17.9 Å². The molecule has 1 fully saturated rings. The molecule has 1 N–H and O–H groups in total. The highest BCUT2D eigenvalue weighted by Gasteiger charge is 2.36. The Morgan fingerprint density at radius 2 is 1.93 bits per heavy atom. The van der Waals surface area contributed by atoms with Crippen molar-refractivity contribution in [2.45, 2.75) is 12.8 Å². The van der Waals surface area contributed by atoms with Crippen LogP contribution < -0.4 is 19.1 Å². The van der Waals surface area contributed by atoms with Gasteiger partial charge in [-0.2, -0.15) is 0 Å². The van der Waals surface area contributed by atoms with Crippen LogP contribution in [0, 0.1) is 0 Å². The van der Waals surface area contributed by atoms with E-state index in [0.717, 1.165) is 9.87 Å². The van der Waals surface area contributed by atoms with E-state index in [1.807, 2.05) is 6.07 Å². The summed E-state index contributed by atoms with van der Waals surface area (Å²) >= 11 is 6.14. The lowest BCUT2D eigenvalue weighted by atomic mass is 10.1. The molecule has 8 nitrogen and oxygen atoms in total. The summed E-state index contributed by atoms with van der Waals surface area (Å²) in [6.45, 7) is 0.282. The second kappa shape index (κ2) is 8.93. The van der Waals surface area contributed by atoms with Crippen LogP contribution in [-0.4, -0.2) is 46.7 Å². The Labute approximate surface area is 179 Å². The van der Waals surface area contributed by atoms with Crippen molar-refractivity contribution in [3.8, 4) is 11.5 Å². The quantitative estimate of drug-likeness (QED) is 0.692. The van der Waals surface area contributed by atoms with E-state index in [2.05, 4.69) is 5.32 Å². The summed E-state index contributed by atoms with van der Waals surface area (Å²) in [5.74, 6) is 0.0759. The van der Waals surface area contributed by atoms with Crippen LogP contribution in [-0.2, 0) is 21.2 Å². The number of sulfonamides is 1. The largest absolute Gasteiger partial charge is 0.497 e. The molecule has 3 rings (SSSR count). The summed E-state index contributed by atoms with van der Waals surface area (Å²) in [5, 5.41) is 2.91. The summed E-state index contributed by atoms with van der Waals surface area (Å²) in [6.07, 6.45) is 0.386. The lowest BCUT2D eigenvalue weighted by Crippen LogP contribution is -2.30. The van der Waals surface area contributed by atoms with Gasteiger partial charge >= 0.3 is 0 Å². The van der Waals surface area contributed by atoms with Gasteiger partial charge in [0.25, 0.3) is 5.91 Å². The first-order valence-corrected chi connectivity index (χ1v) is 11.1. The van der Waals surface area contributed by atoms with Gasteiger partial charge in [0.05, 0.1) is 36.2 Å². The van der Waals surface area contributed by atoms with Gasteiger partial charge in [0.1, 0.15) is 11.5 Å². The van der Waals surface area contributed by atoms with Gasteiger partial charge in [-0.1, -0.05) is 11.6 Å². The number of carbonyl (C=O) groups is 2. The summed E-state index contributed by atoms with van der Waals surface area (Å²) < 4.78 is 35.5. The van der Waals surface area contributed by atoms with E-state index >= 15 is 0 Å². The highest BCUT2D eigenvalue weighted by atomic mass is 35.5. The molecule has 0 aliphatic carbocycles. The third-order valence-electron chi connectivity index (χ3n) is 4.68. The Balaban J connectivity index is 1.74. The molecule has 1 heterocycles. The second-order valence-electron chi connectivity index (χ2n) is 6.57. The van der Waals surface area contributed by atoms with Crippen molar-refractivity contribution in [3.63, 3.8) is 0 Å². The molecule has 0 spiro atoms. The number of ether oxygens (including phenoxy) is 2. The van der Waals surface area contributed by atoms with Crippen LogP contribution in [0.5, 0.6) is 11.5 Å². The van der Waals surface area contributed by atoms with Crippen molar-refractivity contribution in [2.75, 3.05) is 30.8 Å². The number of benzene rings is 2. The van der Waals surface area contributed by atoms with Gasteiger partial charge in [0.15, 0.2) is 0 Å². The minimum atomic E-state index is -3.73. The molecule has 0 bridgehead atoms. The highest BCUT2D eigenvalue weighted by molar-refractivity contribution is 7.94. The Kier molecular flexibility index (Phi) is 6.52. The van der Waals surface area contributed by atoms with Crippen molar-refractivity contribution in [1.29, 1.82) is 0 Å². The Bertz CT molecular complexity index is 1090. The molecule has 0 saturated carbocycles. The molecule has 160 valence electrons. The van der Waals surface area contributed by atoms with E-state index in [9.17, 15) is 18.0 Å². The van der Waals surface area contributed by atoms with Gasteiger partial charge in [0.2, 0.25) is 15.9 Å². The maximum Gasteiger partial charge on any atom is 0.252 e. The smallest absolute Gasteiger partial charge is 0.252 e. The fourth-order valence-electron chi connectivity index (χ4n) is 3.17. The second-order valence-corrected chi connectivity index (χ2v) is 8.92. The van der Waals surface area contributed by atoms with Gasteiger partial charge < -0.3 is 14.8 Å². The van der Waals surface area contributed by atoms with Crippen LogP contribution in [0.25, 0.3) is 0 Å². The number of anilines is 1. The molecule has 2 amide bonds. The molecular weight excluding hydrogens is 432 g/mol. The third kappa shape index (κ3) is 4.52. The molecule has 1 aliphatic rings. The van der Waals surface area contributed by atoms with E-state index in [4.69, 9.17) is 21.1 Å². The first kappa shape index (κ1) is 21.9. The van der Waals surface area contributed by atoms with Gasteiger partial charge in [0, 0.05) is 13.0 Å². The van der Waals surface area contributed by atoms with Crippen LogP contribution in [0.15, 0.2) is 36.4 Å². The van der Waals surface area contributed by atoms with Crippen molar-refractivity contribution in [3.05, 3.63) is 52.5 Å². The molecule has 10 heteroatoms. The van der Waals surface area contributed by atoms with Crippen LogP contribution in [0.2, 0.25) is 5.02 Å². The number of rotatable bonds is 7. The van der Waals surface area contributed by atoms with E-state index in [1.54, 1.807) is 26.4 Å². The van der Waals surface area contributed by atoms with Crippen LogP contribution in [0.3, 0.4) is 0 Å². The molecule has 0 atom stereocenters. The van der Waals surface area contributed by atoms with Crippen molar-refractivity contribution in [2.24, 2.45) is 0 Å². The van der Waals surface area contributed by atoms with Crippen molar-refractivity contribution < 1.29 is 27.5 Å². The SMILES string of the molecule is COc1ccc(OC)c(CCNC(=O)c2cc(N3C(=O)CCS3(=O)=O)ccc2Cl)c1. The number of halogens is 1. The zero-order chi connectivity index (χ0) is 21.9. The lowest BCUT2D eigenvalue weighted by molar-refractivity contribution is -0.116. The van der Waals surface area contributed by atoms with E-state index < -0.39 is 21.8 Å². The van der Waals surface area contributed by atoms with Crippen molar-refractivity contribution >= 4 is 39.1 Å². The monoisotopic (exact) mass is 452 g/mol. The normalized spacial score (nSPS) is 15.2. The Morgan fingerprint density at radius 1 is 1.17 bits per heavy atom. The van der Waals surface area contributed by atoms with E-state index in [1.165, 1.54) is 18.2 Å². The molecule has 0 aromatic heterocycles. The van der Waals surface area contributed by atoms with Gasteiger partial charge in [-0.3, -0.25) is 9.59 Å². The minimum Gasteiger partial charge on any atom is -0.497 e. The number of methoxy groups -OCH3 is 2. The maximum atomic E-state index is 12.6. The predicted octanol–water partition coefficient (Wildman–Crippen LogP) is 2.40. The average molecular weight is 453 g/mol. The third-order valence-corrected chi connectivity index (χ3v) is 6.70. The molecule has 2 aromatic carbocycles. The highest BCUT2D eigenvalue weighted by Crippen LogP contribution is 2.29. The molecule has 2 aromatic rings.